The monoisotopic (exact) mass is 393 g/mol. The molecule has 0 aliphatic carbocycles. The first-order valence-electron chi connectivity index (χ1n) is 8.15. The summed E-state index contributed by atoms with van der Waals surface area (Å²) in [5, 5.41) is 12.9. The molecular weight excluding hydrogens is 370 g/mol. The van der Waals surface area contributed by atoms with Gasteiger partial charge in [-0.2, -0.15) is 0 Å². The maximum absolute atomic E-state index is 11.5. The highest BCUT2D eigenvalue weighted by Crippen LogP contribution is 2.22. The minimum atomic E-state index is -0.928. The first-order valence-corrected chi connectivity index (χ1v) is 8.94. The smallest absolute Gasteiger partial charge is 0.354 e. The maximum Gasteiger partial charge on any atom is 0.354 e. The molecule has 1 aromatic heterocycles. The largest absolute Gasteiger partial charge is 0.477 e. The molecule has 0 fully saturated rings. The minimum absolute atomic E-state index is 0.284. The molecule has 24 heavy (non-hydrogen) atoms. The van der Waals surface area contributed by atoms with E-state index in [9.17, 15) is 9.90 Å². The van der Waals surface area contributed by atoms with Crippen LogP contribution in [0.5, 0.6) is 0 Å². The molecule has 2 aromatic rings. The fourth-order valence-electron chi connectivity index (χ4n) is 3.07. The average Bonchev–Trinajstić information content (AvgIpc) is 2.81. The van der Waals surface area contributed by atoms with Crippen LogP contribution in [0, 0.1) is 20.8 Å². The van der Waals surface area contributed by atoms with Crippen LogP contribution in [0.4, 0.5) is 5.69 Å². The number of aryl methyl sites for hydroxylation is 4. The van der Waals surface area contributed by atoms with Crippen LogP contribution in [0.2, 0.25) is 0 Å². The first kappa shape index (κ1) is 18.5. The number of hydrogen-bond donors (Lipinski definition) is 2. The van der Waals surface area contributed by atoms with Crippen molar-refractivity contribution in [3.8, 4) is 0 Å². The number of carboxylic acids is 1. The van der Waals surface area contributed by atoms with E-state index < -0.39 is 5.97 Å². The van der Waals surface area contributed by atoms with Crippen molar-refractivity contribution < 1.29 is 9.90 Å². The number of imidazole rings is 1. The lowest BCUT2D eigenvalue weighted by Crippen LogP contribution is -2.14. The Balaban J connectivity index is 2.03. The SMILES string of the molecule is CCc1nc(Br)n(CCCNc2c(C)cc(C)cc2C)c1C(=O)O. The second-order valence-corrected chi connectivity index (χ2v) is 6.75. The normalized spacial score (nSPS) is 10.9. The van der Waals surface area contributed by atoms with Crippen LogP contribution in [-0.4, -0.2) is 27.2 Å². The van der Waals surface area contributed by atoms with Crippen molar-refractivity contribution in [3.05, 3.63) is 44.9 Å². The zero-order chi connectivity index (χ0) is 17.9. The van der Waals surface area contributed by atoms with Gasteiger partial charge in [-0.3, -0.25) is 0 Å². The third kappa shape index (κ3) is 3.98. The lowest BCUT2D eigenvalue weighted by Gasteiger charge is -2.14. The summed E-state index contributed by atoms with van der Waals surface area (Å²) in [5.74, 6) is -0.928. The number of aromatic nitrogens is 2. The zero-order valence-electron chi connectivity index (χ0n) is 14.6. The van der Waals surface area contributed by atoms with Gasteiger partial charge in [0.2, 0.25) is 0 Å². The Morgan fingerprint density at radius 3 is 2.46 bits per heavy atom. The molecule has 0 spiro atoms. The van der Waals surface area contributed by atoms with Gasteiger partial charge in [0.15, 0.2) is 10.4 Å². The molecule has 2 rings (SSSR count). The number of hydrogen-bond acceptors (Lipinski definition) is 3. The Kier molecular flexibility index (Phi) is 6.04. The van der Waals surface area contributed by atoms with Gasteiger partial charge in [0.25, 0.3) is 0 Å². The number of benzene rings is 1. The molecule has 0 saturated carbocycles. The number of carboxylic acid groups (broad SMARTS) is 1. The van der Waals surface area contributed by atoms with Crippen LogP contribution in [0.3, 0.4) is 0 Å². The van der Waals surface area contributed by atoms with Crippen molar-refractivity contribution in [2.24, 2.45) is 0 Å². The van der Waals surface area contributed by atoms with Gasteiger partial charge in [0, 0.05) is 18.8 Å². The molecule has 0 atom stereocenters. The van der Waals surface area contributed by atoms with Crippen molar-refractivity contribution in [2.45, 2.75) is 47.1 Å². The zero-order valence-corrected chi connectivity index (χ0v) is 16.2. The van der Waals surface area contributed by atoms with Crippen molar-refractivity contribution in [1.29, 1.82) is 0 Å². The number of rotatable bonds is 7. The molecule has 130 valence electrons. The Morgan fingerprint density at radius 2 is 1.92 bits per heavy atom. The third-order valence-electron chi connectivity index (χ3n) is 4.07. The number of anilines is 1. The Bertz CT molecular complexity index is 730. The Morgan fingerprint density at radius 1 is 1.29 bits per heavy atom. The standard InChI is InChI=1S/C18H24BrN3O2/c1-5-14-16(17(23)24)22(18(19)21-14)8-6-7-20-15-12(3)9-11(2)10-13(15)4/h9-10,20H,5-8H2,1-4H3,(H,23,24). The summed E-state index contributed by atoms with van der Waals surface area (Å²) in [7, 11) is 0. The van der Waals surface area contributed by atoms with E-state index in [2.05, 4.69) is 59.1 Å². The van der Waals surface area contributed by atoms with Crippen LogP contribution in [0.15, 0.2) is 16.9 Å². The average molecular weight is 394 g/mol. The van der Waals surface area contributed by atoms with E-state index in [1.807, 2.05) is 6.92 Å². The van der Waals surface area contributed by atoms with Crippen molar-refractivity contribution >= 4 is 27.6 Å². The summed E-state index contributed by atoms with van der Waals surface area (Å²) in [6, 6.07) is 4.33. The fraction of sp³-hybridized carbons (Fsp3) is 0.444. The number of nitrogens with zero attached hydrogens (tertiary/aromatic N) is 2. The van der Waals surface area contributed by atoms with Crippen molar-refractivity contribution in [1.82, 2.24) is 9.55 Å². The van der Waals surface area contributed by atoms with E-state index in [0.29, 0.717) is 23.4 Å². The molecule has 0 amide bonds. The molecule has 5 nitrogen and oxygen atoms in total. The highest BCUT2D eigenvalue weighted by molar-refractivity contribution is 9.10. The molecule has 0 aliphatic rings. The highest BCUT2D eigenvalue weighted by atomic mass is 79.9. The summed E-state index contributed by atoms with van der Waals surface area (Å²) in [6.45, 7) is 9.59. The van der Waals surface area contributed by atoms with Gasteiger partial charge < -0.3 is 15.0 Å². The van der Waals surface area contributed by atoms with Crippen LogP contribution in [-0.2, 0) is 13.0 Å². The topological polar surface area (TPSA) is 67.2 Å². The van der Waals surface area contributed by atoms with Gasteiger partial charge >= 0.3 is 5.97 Å². The number of carbonyl (C=O) groups is 1. The van der Waals surface area contributed by atoms with Crippen molar-refractivity contribution in [3.63, 3.8) is 0 Å². The second-order valence-electron chi connectivity index (χ2n) is 6.04. The molecule has 2 N–H and O–H groups in total. The van der Waals surface area contributed by atoms with Crippen LogP contribution < -0.4 is 5.32 Å². The molecule has 1 heterocycles. The lowest BCUT2D eigenvalue weighted by molar-refractivity contribution is 0.0683. The molecule has 0 unspecified atom stereocenters. The summed E-state index contributed by atoms with van der Waals surface area (Å²) in [5.41, 5.74) is 5.79. The second kappa shape index (κ2) is 7.83. The number of aromatic carboxylic acids is 1. The third-order valence-corrected chi connectivity index (χ3v) is 4.67. The summed E-state index contributed by atoms with van der Waals surface area (Å²) in [4.78, 5) is 15.8. The molecule has 1 aromatic carbocycles. The van der Waals surface area contributed by atoms with E-state index >= 15 is 0 Å². The number of halogens is 1. The highest BCUT2D eigenvalue weighted by Gasteiger charge is 2.19. The van der Waals surface area contributed by atoms with Crippen LogP contribution in [0.25, 0.3) is 0 Å². The molecule has 0 radical (unpaired) electrons. The van der Waals surface area contributed by atoms with Gasteiger partial charge in [-0.05, 0) is 60.7 Å². The first-order chi connectivity index (χ1) is 11.3. The minimum Gasteiger partial charge on any atom is -0.477 e. The van der Waals surface area contributed by atoms with Crippen LogP contribution >= 0.6 is 15.9 Å². The molecule has 0 bridgehead atoms. The Labute approximate surface area is 151 Å². The van der Waals surface area contributed by atoms with E-state index in [4.69, 9.17) is 0 Å². The molecule has 6 heteroatoms. The molecule has 0 saturated heterocycles. The fourth-order valence-corrected chi connectivity index (χ4v) is 3.64. The Hall–Kier alpha value is -1.82. The van der Waals surface area contributed by atoms with E-state index in [1.165, 1.54) is 16.7 Å². The van der Waals surface area contributed by atoms with Crippen molar-refractivity contribution in [2.75, 3.05) is 11.9 Å². The van der Waals surface area contributed by atoms with Gasteiger partial charge in [0.1, 0.15) is 0 Å². The lowest BCUT2D eigenvalue weighted by atomic mass is 10.1. The summed E-state index contributed by atoms with van der Waals surface area (Å²) >= 11 is 3.37. The quantitative estimate of drug-likeness (QED) is 0.686. The van der Waals surface area contributed by atoms with Gasteiger partial charge in [0.05, 0.1) is 5.69 Å². The van der Waals surface area contributed by atoms with Gasteiger partial charge in [-0.15, -0.1) is 0 Å². The van der Waals surface area contributed by atoms with Gasteiger partial charge in [-0.1, -0.05) is 24.6 Å². The summed E-state index contributed by atoms with van der Waals surface area (Å²) < 4.78 is 2.32. The van der Waals surface area contributed by atoms with E-state index in [1.54, 1.807) is 4.57 Å². The number of nitrogens with one attached hydrogen (secondary N) is 1. The van der Waals surface area contributed by atoms with Crippen LogP contribution in [0.1, 0.15) is 46.2 Å². The van der Waals surface area contributed by atoms with Gasteiger partial charge in [-0.25, -0.2) is 9.78 Å². The summed E-state index contributed by atoms with van der Waals surface area (Å²) in [6.07, 6.45) is 1.42. The predicted molar refractivity (Wildman–Crippen MR) is 100 cm³/mol. The maximum atomic E-state index is 11.5. The van der Waals surface area contributed by atoms with E-state index in [0.717, 1.165) is 18.7 Å². The predicted octanol–water partition coefficient (Wildman–Crippen LogP) is 4.33. The molecule has 0 aliphatic heterocycles. The molecular formula is C18H24BrN3O2. The van der Waals surface area contributed by atoms with E-state index in [-0.39, 0.29) is 5.69 Å².